The predicted molar refractivity (Wildman–Crippen MR) is 65.4 cm³/mol. The van der Waals surface area contributed by atoms with Crippen LogP contribution in [0.3, 0.4) is 0 Å². The van der Waals surface area contributed by atoms with Crippen LogP contribution >= 0.6 is 0 Å². The Bertz CT molecular complexity index is 264. The van der Waals surface area contributed by atoms with Crippen LogP contribution in [-0.2, 0) is 4.79 Å². The van der Waals surface area contributed by atoms with Gasteiger partial charge >= 0.3 is 0 Å². The van der Waals surface area contributed by atoms with Gasteiger partial charge in [-0.15, -0.1) is 0 Å². The number of nitrogens with two attached hydrogens (primary N) is 1. The van der Waals surface area contributed by atoms with E-state index in [1.54, 1.807) is 6.92 Å². The number of primary amides is 1. The van der Waals surface area contributed by atoms with Gasteiger partial charge in [0.1, 0.15) is 0 Å². The summed E-state index contributed by atoms with van der Waals surface area (Å²) in [7, 11) is 0. The molecule has 0 aliphatic heterocycles. The standard InChI is InChI=1S/C13H23NO/c1-5-6-7-10(2)8-11(3)9-12(4)13(14)15/h8-10H,5-7H2,1-4H3,(H2,14,15)/b11-8+,12-9+/t10-/m1/s1. The van der Waals surface area contributed by atoms with Crippen molar-refractivity contribution in [2.45, 2.75) is 47.0 Å². The summed E-state index contributed by atoms with van der Waals surface area (Å²) in [5.41, 5.74) is 6.90. The third kappa shape index (κ3) is 6.95. The lowest BCUT2D eigenvalue weighted by molar-refractivity contribution is -0.114. The van der Waals surface area contributed by atoms with Crippen molar-refractivity contribution in [1.82, 2.24) is 0 Å². The zero-order valence-electron chi connectivity index (χ0n) is 10.3. The van der Waals surface area contributed by atoms with Gasteiger partial charge in [0.05, 0.1) is 0 Å². The van der Waals surface area contributed by atoms with Crippen molar-refractivity contribution in [3.05, 3.63) is 23.3 Å². The van der Waals surface area contributed by atoms with Crippen molar-refractivity contribution in [2.24, 2.45) is 11.7 Å². The van der Waals surface area contributed by atoms with E-state index in [1.807, 2.05) is 13.0 Å². The van der Waals surface area contributed by atoms with Crippen molar-refractivity contribution in [1.29, 1.82) is 0 Å². The topological polar surface area (TPSA) is 43.1 Å². The molecule has 1 atom stereocenters. The maximum Gasteiger partial charge on any atom is 0.244 e. The SMILES string of the molecule is CCCC[C@@H](C)/C=C(C)/C=C(\C)C(N)=O. The van der Waals surface area contributed by atoms with Crippen molar-refractivity contribution >= 4 is 5.91 Å². The Hall–Kier alpha value is -1.05. The smallest absolute Gasteiger partial charge is 0.244 e. The van der Waals surface area contributed by atoms with Gasteiger partial charge in [0.15, 0.2) is 0 Å². The zero-order valence-corrected chi connectivity index (χ0v) is 10.3. The fraction of sp³-hybridized carbons (Fsp3) is 0.615. The molecule has 2 nitrogen and oxygen atoms in total. The summed E-state index contributed by atoms with van der Waals surface area (Å²) < 4.78 is 0. The maximum atomic E-state index is 10.8. The fourth-order valence-corrected chi connectivity index (χ4v) is 1.52. The van der Waals surface area contributed by atoms with Crippen LogP contribution in [0.2, 0.25) is 0 Å². The quantitative estimate of drug-likeness (QED) is 0.530. The molecule has 0 rings (SSSR count). The lowest BCUT2D eigenvalue weighted by atomic mass is 10.0. The fourth-order valence-electron chi connectivity index (χ4n) is 1.52. The molecule has 0 aliphatic rings. The number of unbranched alkanes of at least 4 members (excludes halogenated alkanes) is 1. The van der Waals surface area contributed by atoms with Crippen LogP contribution < -0.4 is 5.73 Å². The van der Waals surface area contributed by atoms with Crippen molar-refractivity contribution < 1.29 is 4.79 Å². The molecule has 0 saturated heterocycles. The van der Waals surface area contributed by atoms with Gasteiger partial charge in [-0.1, -0.05) is 44.4 Å². The molecular formula is C13H23NO. The summed E-state index contributed by atoms with van der Waals surface area (Å²) in [4.78, 5) is 10.8. The maximum absolute atomic E-state index is 10.8. The summed E-state index contributed by atoms with van der Waals surface area (Å²) in [6.45, 7) is 8.15. The molecule has 0 heterocycles. The molecule has 86 valence electrons. The summed E-state index contributed by atoms with van der Waals surface area (Å²) >= 11 is 0. The van der Waals surface area contributed by atoms with Gasteiger partial charge in [-0.25, -0.2) is 0 Å². The minimum atomic E-state index is -0.344. The molecule has 0 bridgehead atoms. The molecule has 0 aromatic carbocycles. The number of allylic oxidation sites excluding steroid dienone is 3. The third-order valence-corrected chi connectivity index (χ3v) is 2.39. The van der Waals surface area contributed by atoms with Crippen LogP contribution in [0, 0.1) is 5.92 Å². The molecule has 2 N–H and O–H groups in total. The normalized spacial score (nSPS) is 15.2. The third-order valence-electron chi connectivity index (χ3n) is 2.39. The Morgan fingerprint density at radius 3 is 2.47 bits per heavy atom. The average molecular weight is 209 g/mol. The van der Waals surface area contributed by atoms with E-state index in [4.69, 9.17) is 5.73 Å². The van der Waals surface area contributed by atoms with Crippen molar-refractivity contribution in [3.8, 4) is 0 Å². The van der Waals surface area contributed by atoms with E-state index in [9.17, 15) is 4.79 Å². The summed E-state index contributed by atoms with van der Waals surface area (Å²) in [6, 6.07) is 0. The van der Waals surface area contributed by atoms with Crippen LogP contribution in [-0.4, -0.2) is 5.91 Å². The first kappa shape index (κ1) is 13.9. The highest BCUT2D eigenvalue weighted by Crippen LogP contribution is 2.12. The highest BCUT2D eigenvalue weighted by molar-refractivity contribution is 5.91. The van der Waals surface area contributed by atoms with E-state index in [0.29, 0.717) is 11.5 Å². The Labute approximate surface area is 93.2 Å². The van der Waals surface area contributed by atoms with Crippen molar-refractivity contribution in [3.63, 3.8) is 0 Å². The minimum absolute atomic E-state index is 0.344. The Kier molecular flexibility index (Phi) is 6.76. The number of hydrogen-bond donors (Lipinski definition) is 1. The van der Waals surface area contributed by atoms with Crippen LogP contribution in [0.15, 0.2) is 23.3 Å². The van der Waals surface area contributed by atoms with Crippen LogP contribution in [0.4, 0.5) is 0 Å². The highest BCUT2D eigenvalue weighted by Gasteiger charge is 1.99. The van der Waals surface area contributed by atoms with E-state index in [-0.39, 0.29) is 5.91 Å². The van der Waals surface area contributed by atoms with E-state index >= 15 is 0 Å². The van der Waals surface area contributed by atoms with Gasteiger partial charge in [0.2, 0.25) is 5.91 Å². The first-order valence-corrected chi connectivity index (χ1v) is 5.63. The van der Waals surface area contributed by atoms with Gasteiger partial charge in [-0.3, -0.25) is 4.79 Å². The summed E-state index contributed by atoms with van der Waals surface area (Å²) in [6.07, 6.45) is 7.74. The van der Waals surface area contributed by atoms with Gasteiger partial charge in [-0.2, -0.15) is 0 Å². The monoisotopic (exact) mass is 209 g/mol. The van der Waals surface area contributed by atoms with Gasteiger partial charge in [-0.05, 0) is 26.2 Å². The Morgan fingerprint density at radius 2 is 2.00 bits per heavy atom. The molecule has 0 spiro atoms. The Morgan fingerprint density at radius 1 is 1.40 bits per heavy atom. The molecule has 0 aliphatic carbocycles. The second-order valence-electron chi connectivity index (χ2n) is 4.22. The zero-order chi connectivity index (χ0) is 11.8. The first-order valence-electron chi connectivity index (χ1n) is 5.63. The van der Waals surface area contributed by atoms with E-state index in [1.165, 1.54) is 19.3 Å². The highest BCUT2D eigenvalue weighted by atomic mass is 16.1. The Balaban J connectivity index is 4.30. The lowest BCUT2D eigenvalue weighted by Crippen LogP contribution is -2.11. The molecule has 0 aromatic rings. The molecule has 15 heavy (non-hydrogen) atoms. The van der Waals surface area contributed by atoms with Crippen LogP contribution in [0.25, 0.3) is 0 Å². The second-order valence-corrected chi connectivity index (χ2v) is 4.22. The largest absolute Gasteiger partial charge is 0.366 e. The van der Waals surface area contributed by atoms with E-state index in [2.05, 4.69) is 19.9 Å². The number of carbonyl (C=O) groups is 1. The molecule has 1 amide bonds. The van der Waals surface area contributed by atoms with Gasteiger partial charge in [0, 0.05) is 5.57 Å². The number of amides is 1. The molecule has 0 unspecified atom stereocenters. The number of rotatable bonds is 6. The van der Waals surface area contributed by atoms with Gasteiger partial charge < -0.3 is 5.73 Å². The minimum Gasteiger partial charge on any atom is -0.366 e. The summed E-state index contributed by atoms with van der Waals surface area (Å²) in [5, 5.41) is 0. The second kappa shape index (κ2) is 7.27. The average Bonchev–Trinajstić information content (AvgIpc) is 2.14. The molecule has 0 radical (unpaired) electrons. The summed E-state index contributed by atoms with van der Waals surface area (Å²) in [5.74, 6) is 0.228. The predicted octanol–water partition coefficient (Wildman–Crippen LogP) is 3.19. The van der Waals surface area contributed by atoms with E-state index < -0.39 is 0 Å². The van der Waals surface area contributed by atoms with Crippen molar-refractivity contribution in [2.75, 3.05) is 0 Å². The molecule has 0 aromatic heterocycles. The molecule has 2 heteroatoms. The molecule has 0 fully saturated rings. The lowest BCUT2D eigenvalue weighted by Gasteiger charge is -2.05. The molecule has 0 saturated carbocycles. The van der Waals surface area contributed by atoms with Crippen LogP contribution in [0.5, 0.6) is 0 Å². The number of carbonyl (C=O) groups excluding carboxylic acids is 1. The molecular weight excluding hydrogens is 186 g/mol. The van der Waals surface area contributed by atoms with Crippen LogP contribution in [0.1, 0.15) is 47.0 Å². The first-order chi connectivity index (χ1) is 6.97. The van der Waals surface area contributed by atoms with Gasteiger partial charge in [0.25, 0.3) is 0 Å². The van der Waals surface area contributed by atoms with E-state index in [0.717, 1.165) is 5.57 Å². The number of hydrogen-bond acceptors (Lipinski definition) is 1.